The predicted molar refractivity (Wildman–Crippen MR) is 128 cm³/mol. The molecule has 0 heterocycles. The third-order valence-electron chi connectivity index (χ3n) is 6.47. The standard InChI is InChI=1S/C29H34/c1-2-3-4-5-6-7-8-9-20-27-26-19-13-11-16-24(26)22-29(27)28-21-14-17-23-15-10-12-18-25(23)28/h10-19,21H,2-9,20,22H2,1H3. The Kier molecular flexibility index (Phi) is 6.83. The van der Waals surface area contributed by atoms with Crippen LogP contribution >= 0.6 is 0 Å². The molecular formula is C29H34. The smallest absolute Gasteiger partial charge is 0.00106 e. The van der Waals surface area contributed by atoms with Crippen LogP contribution in [0, 0.1) is 0 Å². The molecule has 0 saturated carbocycles. The molecule has 0 amide bonds. The van der Waals surface area contributed by atoms with E-state index in [0.717, 1.165) is 6.42 Å². The fraction of sp³-hybridized carbons (Fsp3) is 0.379. The summed E-state index contributed by atoms with van der Waals surface area (Å²) >= 11 is 0. The Morgan fingerprint density at radius 3 is 2.14 bits per heavy atom. The van der Waals surface area contributed by atoms with Gasteiger partial charge < -0.3 is 0 Å². The number of fused-ring (bicyclic) bond motifs is 2. The van der Waals surface area contributed by atoms with Crippen LogP contribution in [0.5, 0.6) is 0 Å². The fourth-order valence-corrected chi connectivity index (χ4v) is 4.90. The van der Waals surface area contributed by atoms with Gasteiger partial charge in [-0.25, -0.2) is 0 Å². The van der Waals surface area contributed by atoms with Gasteiger partial charge in [0.15, 0.2) is 0 Å². The molecule has 1 aliphatic rings. The largest absolute Gasteiger partial charge is 0.0654 e. The molecule has 0 aliphatic heterocycles. The van der Waals surface area contributed by atoms with Crippen molar-refractivity contribution >= 4 is 21.9 Å². The Morgan fingerprint density at radius 1 is 0.621 bits per heavy atom. The molecule has 0 atom stereocenters. The van der Waals surface area contributed by atoms with Gasteiger partial charge >= 0.3 is 0 Å². The van der Waals surface area contributed by atoms with Gasteiger partial charge in [0.2, 0.25) is 0 Å². The highest BCUT2D eigenvalue weighted by Gasteiger charge is 2.22. The van der Waals surface area contributed by atoms with Crippen molar-refractivity contribution in [2.45, 2.75) is 71.1 Å². The molecule has 0 aromatic heterocycles. The summed E-state index contributed by atoms with van der Waals surface area (Å²) in [7, 11) is 0. The molecule has 0 fully saturated rings. The Morgan fingerprint density at radius 2 is 1.28 bits per heavy atom. The Labute approximate surface area is 176 Å². The summed E-state index contributed by atoms with van der Waals surface area (Å²) in [4.78, 5) is 0. The average molecular weight is 383 g/mol. The zero-order chi connectivity index (χ0) is 19.9. The molecule has 0 nitrogen and oxygen atoms in total. The summed E-state index contributed by atoms with van der Waals surface area (Å²) in [6.07, 6.45) is 13.3. The first-order valence-electron chi connectivity index (χ1n) is 11.7. The molecule has 4 rings (SSSR count). The normalized spacial score (nSPS) is 13.3. The van der Waals surface area contributed by atoms with Crippen molar-refractivity contribution in [3.05, 3.63) is 83.4 Å². The lowest BCUT2D eigenvalue weighted by molar-refractivity contribution is 0.579. The summed E-state index contributed by atoms with van der Waals surface area (Å²) in [6.45, 7) is 2.29. The molecule has 0 saturated heterocycles. The maximum atomic E-state index is 2.34. The van der Waals surface area contributed by atoms with E-state index < -0.39 is 0 Å². The number of hydrogen-bond donors (Lipinski definition) is 0. The van der Waals surface area contributed by atoms with Crippen LogP contribution in [0.1, 0.15) is 81.4 Å². The van der Waals surface area contributed by atoms with Crippen molar-refractivity contribution in [3.63, 3.8) is 0 Å². The van der Waals surface area contributed by atoms with E-state index in [1.807, 2.05) is 0 Å². The van der Waals surface area contributed by atoms with E-state index in [9.17, 15) is 0 Å². The van der Waals surface area contributed by atoms with Crippen LogP contribution in [-0.4, -0.2) is 0 Å². The van der Waals surface area contributed by atoms with Crippen LogP contribution < -0.4 is 0 Å². The van der Waals surface area contributed by atoms with Crippen molar-refractivity contribution in [3.8, 4) is 0 Å². The summed E-state index contributed by atoms with van der Waals surface area (Å²) in [5, 5.41) is 2.74. The molecule has 29 heavy (non-hydrogen) atoms. The number of rotatable bonds is 10. The maximum Gasteiger partial charge on any atom is -0.00106 e. The van der Waals surface area contributed by atoms with Crippen LogP contribution in [0.15, 0.2) is 66.7 Å². The minimum absolute atomic E-state index is 1.08. The van der Waals surface area contributed by atoms with E-state index in [1.54, 1.807) is 11.1 Å². The van der Waals surface area contributed by atoms with Crippen LogP contribution in [0.25, 0.3) is 21.9 Å². The van der Waals surface area contributed by atoms with Gasteiger partial charge in [-0.15, -0.1) is 0 Å². The van der Waals surface area contributed by atoms with E-state index in [0.29, 0.717) is 0 Å². The summed E-state index contributed by atoms with van der Waals surface area (Å²) < 4.78 is 0. The number of unbranched alkanes of at least 4 members (excludes halogenated alkanes) is 7. The molecule has 1 aliphatic carbocycles. The maximum absolute atomic E-state index is 2.34. The monoisotopic (exact) mass is 382 g/mol. The molecule has 0 N–H and O–H groups in total. The zero-order valence-corrected chi connectivity index (χ0v) is 17.9. The molecular weight excluding hydrogens is 348 g/mol. The second kappa shape index (κ2) is 9.92. The van der Waals surface area contributed by atoms with Gasteiger partial charge in [0.1, 0.15) is 0 Å². The second-order valence-corrected chi connectivity index (χ2v) is 8.54. The first-order chi connectivity index (χ1) is 14.4. The molecule has 0 spiro atoms. The SMILES string of the molecule is CCCCCCCCCCC1=C(c2cccc3ccccc23)Cc2ccccc21. The van der Waals surface area contributed by atoms with Crippen molar-refractivity contribution in [1.82, 2.24) is 0 Å². The molecule has 3 aromatic carbocycles. The van der Waals surface area contributed by atoms with Gasteiger partial charge in [0.25, 0.3) is 0 Å². The highest BCUT2D eigenvalue weighted by atomic mass is 14.3. The summed E-state index contributed by atoms with van der Waals surface area (Å²) in [5.41, 5.74) is 7.60. The van der Waals surface area contributed by atoms with Gasteiger partial charge in [-0.3, -0.25) is 0 Å². The van der Waals surface area contributed by atoms with Crippen LogP contribution in [-0.2, 0) is 6.42 Å². The van der Waals surface area contributed by atoms with Crippen LogP contribution in [0.2, 0.25) is 0 Å². The van der Waals surface area contributed by atoms with Gasteiger partial charge in [-0.2, -0.15) is 0 Å². The average Bonchev–Trinajstić information content (AvgIpc) is 3.13. The van der Waals surface area contributed by atoms with E-state index in [-0.39, 0.29) is 0 Å². The topological polar surface area (TPSA) is 0 Å². The summed E-state index contributed by atoms with van der Waals surface area (Å²) in [6, 6.07) is 24.7. The van der Waals surface area contributed by atoms with E-state index in [1.165, 1.54) is 85.3 Å². The molecule has 150 valence electrons. The zero-order valence-electron chi connectivity index (χ0n) is 17.9. The Balaban J connectivity index is 1.52. The predicted octanol–water partition coefficient (Wildman–Crippen LogP) is 8.84. The summed E-state index contributed by atoms with van der Waals surface area (Å²) in [5.74, 6) is 0. The van der Waals surface area contributed by atoms with Crippen molar-refractivity contribution in [1.29, 1.82) is 0 Å². The third kappa shape index (κ3) is 4.64. The Hall–Kier alpha value is -2.34. The van der Waals surface area contributed by atoms with Crippen LogP contribution in [0.3, 0.4) is 0 Å². The van der Waals surface area contributed by atoms with Crippen LogP contribution in [0.4, 0.5) is 0 Å². The number of allylic oxidation sites excluding steroid dienone is 2. The molecule has 0 heteroatoms. The first-order valence-corrected chi connectivity index (χ1v) is 11.7. The molecule has 3 aromatic rings. The van der Waals surface area contributed by atoms with E-state index in [2.05, 4.69) is 73.7 Å². The minimum Gasteiger partial charge on any atom is -0.0654 e. The lowest BCUT2D eigenvalue weighted by atomic mass is 9.92. The van der Waals surface area contributed by atoms with Crippen molar-refractivity contribution in [2.75, 3.05) is 0 Å². The van der Waals surface area contributed by atoms with E-state index in [4.69, 9.17) is 0 Å². The lowest BCUT2D eigenvalue weighted by Gasteiger charge is -2.12. The van der Waals surface area contributed by atoms with E-state index >= 15 is 0 Å². The van der Waals surface area contributed by atoms with Crippen molar-refractivity contribution < 1.29 is 0 Å². The first kappa shape index (κ1) is 20.0. The Bertz CT molecular complexity index is 971. The van der Waals surface area contributed by atoms with Gasteiger partial charge in [-0.1, -0.05) is 119 Å². The lowest BCUT2D eigenvalue weighted by Crippen LogP contribution is -1.90. The number of benzene rings is 3. The van der Waals surface area contributed by atoms with Gasteiger partial charge in [0.05, 0.1) is 0 Å². The number of hydrogen-bond acceptors (Lipinski definition) is 0. The van der Waals surface area contributed by atoms with Crippen molar-refractivity contribution in [2.24, 2.45) is 0 Å². The highest BCUT2D eigenvalue weighted by molar-refractivity contribution is 6.04. The molecule has 0 radical (unpaired) electrons. The van der Waals surface area contributed by atoms with Gasteiger partial charge in [-0.05, 0) is 57.9 Å². The highest BCUT2D eigenvalue weighted by Crippen LogP contribution is 2.42. The quantitative estimate of drug-likeness (QED) is 0.307. The molecule has 0 bridgehead atoms. The minimum atomic E-state index is 1.08. The second-order valence-electron chi connectivity index (χ2n) is 8.54. The fourth-order valence-electron chi connectivity index (χ4n) is 4.90. The van der Waals surface area contributed by atoms with Gasteiger partial charge in [0, 0.05) is 0 Å². The third-order valence-corrected chi connectivity index (χ3v) is 6.47. The molecule has 0 unspecified atom stereocenters.